The minimum atomic E-state index is -3.09. The second-order valence-electron chi connectivity index (χ2n) is 4.28. The van der Waals surface area contributed by atoms with E-state index in [4.69, 9.17) is 0 Å². The summed E-state index contributed by atoms with van der Waals surface area (Å²) in [5, 5.41) is 0. The van der Waals surface area contributed by atoms with Gasteiger partial charge in [-0.05, 0) is 23.6 Å². The zero-order valence-electron chi connectivity index (χ0n) is 11.2. The van der Waals surface area contributed by atoms with E-state index in [1.807, 2.05) is 19.1 Å². The molecule has 0 aromatic heterocycles. The van der Waals surface area contributed by atoms with Crippen molar-refractivity contribution in [3.05, 3.63) is 29.8 Å². The van der Waals surface area contributed by atoms with E-state index in [0.717, 1.165) is 18.4 Å². The Labute approximate surface area is 110 Å². The molecule has 1 atom stereocenters. The minimum absolute atomic E-state index is 0.143. The van der Waals surface area contributed by atoms with Crippen LogP contribution in [0.3, 0.4) is 0 Å². The summed E-state index contributed by atoms with van der Waals surface area (Å²) in [5.74, 6) is 6.65. The van der Waals surface area contributed by atoms with Crippen molar-refractivity contribution >= 4 is 9.84 Å². The molecule has 0 amide bonds. The topological polar surface area (TPSA) is 34.1 Å². The average Bonchev–Trinajstić information content (AvgIpc) is 2.39. The molecule has 1 aromatic rings. The summed E-state index contributed by atoms with van der Waals surface area (Å²) in [6.45, 7) is 5.79. The Hall–Kier alpha value is -1.27. The molecule has 18 heavy (non-hydrogen) atoms. The predicted molar refractivity (Wildman–Crippen MR) is 75.3 cm³/mol. The molecule has 2 nitrogen and oxygen atoms in total. The number of hydrogen-bond donors (Lipinski definition) is 0. The van der Waals surface area contributed by atoms with Crippen LogP contribution in [0, 0.1) is 11.8 Å². The highest BCUT2D eigenvalue weighted by atomic mass is 32.2. The maximum absolute atomic E-state index is 11.7. The third kappa shape index (κ3) is 3.89. The van der Waals surface area contributed by atoms with Gasteiger partial charge < -0.3 is 0 Å². The number of rotatable bonds is 4. The zero-order chi connectivity index (χ0) is 13.6. The Morgan fingerprint density at radius 2 is 1.72 bits per heavy atom. The van der Waals surface area contributed by atoms with Gasteiger partial charge in [0.2, 0.25) is 0 Å². The molecule has 3 heteroatoms. The lowest BCUT2D eigenvalue weighted by molar-refractivity contribution is 0.597. The highest BCUT2D eigenvalue weighted by Crippen LogP contribution is 2.21. The van der Waals surface area contributed by atoms with Crippen molar-refractivity contribution in [3.63, 3.8) is 0 Å². The summed E-state index contributed by atoms with van der Waals surface area (Å²) in [5.41, 5.74) is 1.13. The third-order valence-corrected chi connectivity index (χ3v) is 4.65. The molecule has 98 valence electrons. The van der Waals surface area contributed by atoms with Crippen LogP contribution in [0.5, 0.6) is 0 Å². The first kappa shape index (κ1) is 14.8. The number of benzene rings is 1. The summed E-state index contributed by atoms with van der Waals surface area (Å²) < 4.78 is 23.3. The van der Waals surface area contributed by atoms with Gasteiger partial charge in [0, 0.05) is 12.8 Å². The molecule has 0 bridgehead atoms. The highest BCUT2D eigenvalue weighted by molar-refractivity contribution is 7.91. The molecule has 1 unspecified atom stereocenters. The van der Waals surface area contributed by atoms with Crippen molar-refractivity contribution in [2.75, 3.05) is 5.75 Å². The quantitative estimate of drug-likeness (QED) is 0.781. The van der Waals surface area contributed by atoms with Crippen LogP contribution < -0.4 is 0 Å². The van der Waals surface area contributed by atoms with E-state index in [2.05, 4.69) is 18.8 Å². The van der Waals surface area contributed by atoms with Crippen LogP contribution in [0.2, 0.25) is 0 Å². The second kappa shape index (κ2) is 6.61. The lowest BCUT2D eigenvalue weighted by Crippen LogP contribution is -2.03. The predicted octanol–water partition coefficient (Wildman–Crippen LogP) is 3.39. The Bertz CT molecular complexity index is 530. The summed E-state index contributed by atoms with van der Waals surface area (Å²) in [4.78, 5) is 0.403. The molecular weight excluding hydrogens is 244 g/mol. The van der Waals surface area contributed by atoms with Crippen LogP contribution >= 0.6 is 0 Å². The average molecular weight is 264 g/mol. The molecule has 0 aliphatic carbocycles. The maximum atomic E-state index is 11.7. The van der Waals surface area contributed by atoms with Gasteiger partial charge in [-0.3, -0.25) is 0 Å². The molecule has 0 saturated carbocycles. The van der Waals surface area contributed by atoms with E-state index in [9.17, 15) is 8.42 Å². The van der Waals surface area contributed by atoms with Crippen molar-refractivity contribution in [1.29, 1.82) is 0 Å². The largest absolute Gasteiger partial charge is 0.224 e. The van der Waals surface area contributed by atoms with E-state index in [1.165, 1.54) is 0 Å². The smallest absolute Gasteiger partial charge is 0.178 e. The Morgan fingerprint density at radius 1 is 1.11 bits per heavy atom. The van der Waals surface area contributed by atoms with Crippen LogP contribution in [0.4, 0.5) is 0 Å². The fourth-order valence-corrected chi connectivity index (χ4v) is 2.52. The van der Waals surface area contributed by atoms with Crippen molar-refractivity contribution in [3.8, 4) is 11.8 Å². The molecule has 0 radical (unpaired) electrons. The fraction of sp³-hybridized carbons (Fsp3) is 0.467. The van der Waals surface area contributed by atoms with Gasteiger partial charge in [-0.1, -0.05) is 32.9 Å². The molecule has 0 N–H and O–H groups in total. The Balaban J connectivity index is 2.83. The van der Waals surface area contributed by atoms with Gasteiger partial charge in [-0.25, -0.2) is 8.42 Å². The van der Waals surface area contributed by atoms with Gasteiger partial charge in [0.05, 0.1) is 10.6 Å². The van der Waals surface area contributed by atoms with Crippen LogP contribution in [-0.2, 0) is 9.84 Å². The van der Waals surface area contributed by atoms with Gasteiger partial charge >= 0.3 is 0 Å². The van der Waals surface area contributed by atoms with Gasteiger partial charge in [0.25, 0.3) is 0 Å². The van der Waals surface area contributed by atoms with E-state index in [-0.39, 0.29) is 5.75 Å². The van der Waals surface area contributed by atoms with Crippen LogP contribution in [0.25, 0.3) is 0 Å². The maximum Gasteiger partial charge on any atom is 0.178 e. The van der Waals surface area contributed by atoms with Crippen LogP contribution in [0.1, 0.15) is 45.1 Å². The first-order valence-corrected chi connectivity index (χ1v) is 7.95. The summed E-state index contributed by atoms with van der Waals surface area (Å²) >= 11 is 0. The number of hydrogen-bond acceptors (Lipinski definition) is 2. The van der Waals surface area contributed by atoms with E-state index in [1.54, 1.807) is 19.1 Å². The molecular formula is C15H20O2S. The van der Waals surface area contributed by atoms with Gasteiger partial charge in [-0.2, -0.15) is 0 Å². The van der Waals surface area contributed by atoms with Crippen molar-refractivity contribution in [2.24, 2.45) is 0 Å². The fourth-order valence-electron chi connectivity index (χ4n) is 1.64. The van der Waals surface area contributed by atoms with Gasteiger partial charge in [0.15, 0.2) is 9.84 Å². The van der Waals surface area contributed by atoms with E-state index in [0.29, 0.717) is 10.8 Å². The van der Waals surface area contributed by atoms with Gasteiger partial charge in [-0.15, -0.1) is 11.8 Å². The minimum Gasteiger partial charge on any atom is -0.224 e. The molecule has 0 aliphatic rings. The van der Waals surface area contributed by atoms with E-state index >= 15 is 0 Å². The molecule has 0 spiro atoms. The standard InChI is InChI=1S/C15H20O2S/c1-4-6-7-8-13(3)14-9-11-15(12-10-14)18(16,17)5-2/h9-13H,4-5,8H2,1-3H3. The van der Waals surface area contributed by atoms with Crippen molar-refractivity contribution < 1.29 is 8.42 Å². The Morgan fingerprint density at radius 3 is 2.22 bits per heavy atom. The SMILES string of the molecule is CCC#CCC(C)c1ccc(S(=O)(=O)CC)cc1. The summed E-state index contributed by atoms with van der Waals surface area (Å²) in [6.07, 6.45) is 1.69. The molecule has 0 fully saturated rings. The van der Waals surface area contributed by atoms with E-state index < -0.39 is 9.84 Å². The van der Waals surface area contributed by atoms with Gasteiger partial charge in [0.1, 0.15) is 0 Å². The summed E-state index contributed by atoms with van der Waals surface area (Å²) in [6, 6.07) is 7.16. The molecule has 1 aromatic carbocycles. The summed E-state index contributed by atoms with van der Waals surface area (Å²) in [7, 11) is -3.09. The lowest BCUT2D eigenvalue weighted by Gasteiger charge is -2.09. The number of sulfone groups is 1. The molecule has 0 saturated heterocycles. The highest BCUT2D eigenvalue weighted by Gasteiger charge is 2.12. The monoisotopic (exact) mass is 264 g/mol. The second-order valence-corrected chi connectivity index (χ2v) is 6.56. The Kier molecular flexibility index (Phi) is 5.43. The van der Waals surface area contributed by atoms with Crippen LogP contribution in [-0.4, -0.2) is 14.2 Å². The normalized spacial score (nSPS) is 12.6. The molecule has 0 aliphatic heterocycles. The van der Waals surface area contributed by atoms with Crippen molar-refractivity contribution in [2.45, 2.75) is 44.4 Å². The third-order valence-electron chi connectivity index (χ3n) is 2.90. The molecule has 1 rings (SSSR count). The lowest BCUT2D eigenvalue weighted by atomic mass is 9.98. The van der Waals surface area contributed by atoms with Crippen LogP contribution in [0.15, 0.2) is 29.2 Å². The van der Waals surface area contributed by atoms with Crippen molar-refractivity contribution in [1.82, 2.24) is 0 Å². The molecule has 0 heterocycles. The zero-order valence-corrected chi connectivity index (χ0v) is 12.0. The first-order chi connectivity index (χ1) is 8.51. The first-order valence-electron chi connectivity index (χ1n) is 6.29.